The Morgan fingerprint density at radius 2 is 1.67 bits per heavy atom. The zero-order valence-corrected chi connectivity index (χ0v) is 14.4. The Balaban J connectivity index is 2.17. The van der Waals surface area contributed by atoms with Gasteiger partial charge in [0.2, 0.25) is 0 Å². The van der Waals surface area contributed by atoms with Gasteiger partial charge in [-0.3, -0.25) is 4.90 Å². The van der Waals surface area contributed by atoms with Crippen LogP contribution in [0.2, 0.25) is 0 Å². The van der Waals surface area contributed by atoms with Crippen molar-refractivity contribution in [2.75, 3.05) is 19.6 Å². The van der Waals surface area contributed by atoms with E-state index in [1.165, 1.54) is 37.9 Å². The highest BCUT2D eigenvalue weighted by molar-refractivity contribution is 5.14. The van der Waals surface area contributed by atoms with Gasteiger partial charge < -0.3 is 5.32 Å². The first kappa shape index (κ1) is 18.2. The molecule has 0 saturated heterocycles. The molecule has 1 aromatic carbocycles. The zero-order chi connectivity index (χ0) is 15.5. The van der Waals surface area contributed by atoms with Crippen LogP contribution < -0.4 is 5.32 Å². The summed E-state index contributed by atoms with van der Waals surface area (Å²) < 4.78 is 0. The maximum absolute atomic E-state index is 3.52. The predicted molar refractivity (Wildman–Crippen MR) is 93.5 cm³/mol. The summed E-state index contributed by atoms with van der Waals surface area (Å²) in [5.74, 6) is 0.757. The molecule has 0 bridgehead atoms. The summed E-state index contributed by atoms with van der Waals surface area (Å²) in [7, 11) is 0. The van der Waals surface area contributed by atoms with Crippen LogP contribution in [0.15, 0.2) is 30.3 Å². The van der Waals surface area contributed by atoms with E-state index in [9.17, 15) is 0 Å². The normalized spacial score (nSPS) is 11.8. The van der Waals surface area contributed by atoms with Crippen molar-refractivity contribution in [1.82, 2.24) is 10.2 Å². The molecular weight excluding hydrogens is 256 g/mol. The maximum Gasteiger partial charge on any atom is 0.0236 e. The summed E-state index contributed by atoms with van der Waals surface area (Å²) in [5.41, 5.74) is 1.42. The lowest BCUT2D eigenvalue weighted by atomic mass is 10.1. The monoisotopic (exact) mass is 290 g/mol. The van der Waals surface area contributed by atoms with Gasteiger partial charge in [-0.1, -0.05) is 50.6 Å². The van der Waals surface area contributed by atoms with Crippen LogP contribution in [-0.2, 0) is 6.54 Å². The maximum atomic E-state index is 3.52. The summed E-state index contributed by atoms with van der Waals surface area (Å²) in [4.78, 5) is 2.58. The first-order valence-electron chi connectivity index (χ1n) is 8.58. The number of benzene rings is 1. The molecule has 0 saturated carbocycles. The van der Waals surface area contributed by atoms with Crippen LogP contribution in [0.1, 0.15) is 52.5 Å². The fourth-order valence-electron chi connectivity index (χ4n) is 2.47. The number of rotatable bonds is 11. The molecule has 0 heterocycles. The van der Waals surface area contributed by atoms with Crippen LogP contribution in [-0.4, -0.2) is 30.6 Å². The molecule has 2 nitrogen and oxygen atoms in total. The standard InChI is InChI=1S/C19H34N2/c1-17(2)15-20-13-9-6-10-14-21(18(3)4)16-19-11-7-5-8-12-19/h5,7-8,11-12,17-18,20H,6,9-10,13-16H2,1-4H3. The molecule has 0 radical (unpaired) electrons. The summed E-state index contributed by atoms with van der Waals surface area (Å²) >= 11 is 0. The molecule has 0 unspecified atom stereocenters. The molecule has 21 heavy (non-hydrogen) atoms. The number of nitrogens with one attached hydrogen (secondary N) is 1. The van der Waals surface area contributed by atoms with Crippen molar-refractivity contribution in [2.45, 2.75) is 59.5 Å². The van der Waals surface area contributed by atoms with E-state index >= 15 is 0 Å². The Kier molecular flexibility index (Phi) is 9.36. The summed E-state index contributed by atoms with van der Waals surface area (Å²) in [6.07, 6.45) is 3.92. The number of unbranched alkanes of at least 4 members (excludes halogenated alkanes) is 2. The van der Waals surface area contributed by atoms with Crippen molar-refractivity contribution >= 4 is 0 Å². The van der Waals surface area contributed by atoms with Gasteiger partial charge in [-0.15, -0.1) is 0 Å². The summed E-state index contributed by atoms with van der Waals surface area (Å²) in [5, 5.41) is 3.52. The summed E-state index contributed by atoms with van der Waals surface area (Å²) in [6, 6.07) is 11.4. The van der Waals surface area contributed by atoms with E-state index in [1.807, 2.05) is 0 Å². The van der Waals surface area contributed by atoms with Gasteiger partial charge in [-0.25, -0.2) is 0 Å². The molecule has 1 rings (SSSR count). The number of nitrogens with zero attached hydrogens (tertiary/aromatic N) is 1. The molecule has 0 fully saturated rings. The van der Waals surface area contributed by atoms with Gasteiger partial charge in [0.05, 0.1) is 0 Å². The van der Waals surface area contributed by atoms with Crippen LogP contribution in [0, 0.1) is 5.92 Å². The van der Waals surface area contributed by atoms with Gasteiger partial charge in [-0.2, -0.15) is 0 Å². The average molecular weight is 290 g/mol. The minimum absolute atomic E-state index is 0.615. The van der Waals surface area contributed by atoms with Gasteiger partial charge in [0, 0.05) is 12.6 Å². The molecule has 0 amide bonds. The molecule has 0 aliphatic heterocycles. The molecule has 2 heteroatoms. The number of hydrogen-bond acceptors (Lipinski definition) is 2. The lowest BCUT2D eigenvalue weighted by Gasteiger charge is -2.26. The highest BCUT2D eigenvalue weighted by Crippen LogP contribution is 2.10. The third-order valence-corrected chi connectivity index (χ3v) is 3.81. The molecular formula is C19H34N2. The van der Waals surface area contributed by atoms with Crippen molar-refractivity contribution in [3.63, 3.8) is 0 Å². The third-order valence-electron chi connectivity index (χ3n) is 3.81. The average Bonchev–Trinajstić information content (AvgIpc) is 2.45. The first-order chi connectivity index (χ1) is 10.1. The highest BCUT2D eigenvalue weighted by Gasteiger charge is 2.09. The molecule has 120 valence electrons. The smallest absolute Gasteiger partial charge is 0.0236 e. The molecule has 0 aliphatic carbocycles. The van der Waals surface area contributed by atoms with E-state index in [0.29, 0.717) is 6.04 Å². The van der Waals surface area contributed by atoms with Crippen LogP contribution in [0.4, 0.5) is 0 Å². The molecule has 0 atom stereocenters. The van der Waals surface area contributed by atoms with Crippen molar-refractivity contribution in [3.05, 3.63) is 35.9 Å². The minimum Gasteiger partial charge on any atom is -0.316 e. The first-order valence-corrected chi connectivity index (χ1v) is 8.58. The SMILES string of the molecule is CC(C)CNCCCCCN(Cc1ccccc1)C(C)C. The predicted octanol–water partition coefficient (Wildman–Crippen LogP) is 4.31. The van der Waals surface area contributed by atoms with E-state index in [2.05, 4.69) is 68.2 Å². The highest BCUT2D eigenvalue weighted by atomic mass is 15.1. The van der Waals surface area contributed by atoms with Crippen molar-refractivity contribution < 1.29 is 0 Å². The van der Waals surface area contributed by atoms with E-state index in [0.717, 1.165) is 19.0 Å². The quantitative estimate of drug-likeness (QED) is 0.611. The topological polar surface area (TPSA) is 15.3 Å². The van der Waals surface area contributed by atoms with Crippen LogP contribution in [0.5, 0.6) is 0 Å². The largest absolute Gasteiger partial charge is 0.316 e. The van der Waals surface area contributed by atoms with Gasteiger partial charge in [0.25, 0.3) is 0 Å². The molecule has 1 N–H and O–H groups in total. The molecule has 0 aromatic heterocycles. The fraction of sp³-hybridized carbons (Fsp3) is 0.684. The zero-order valence-electron chi connectivity index (χ0n) is 14.4. The molecule has 1 aromatic rings. The van der Waals surface area contributed by atoms with Gasteiger partial charge in [0.1, 0.15) is 0 Å². The van der Waals surface area contributed by atoms with Gasteiger partial charge in [-0.05, 0) is 57.8 Å². The van der Waals surface area contributed by atoms with Crippen molar-refractivity contribution in [1.29, 1.82) is 0 Å². The lowest BCUT2D eigenvalue weighted by molar-refractivity contribution is 0.208. The Labute approximate surface area is 131 Å². The summed E-state index contributed by atoms with van der Waals surface area (Å²) in [6.45, 7) is 13.7. The fourth-order valence-corrected chi connectivity index (χ4v) is 2.47. The minimum atomic E-state index is 0.615. The second kappa shape index (κ2) is 10.8. The Bertz CT molecular complexity index is 346. The van der Waals surface area contributed by atoms with Crippen LogP contribution in [0.3, 0.4) is 0 Å². The molecule has 0 aliphatic rings. The van der Waals surface area contributed by atoms with Crippen LogP contribution >= 0.6 is 0 Å². The second-order valence-electron chi connectivity index (χ2n) is 6.71. The Hall–Kier alpha value is -0.860. The number of hydrogen-bond donors (Lipinski definition) is 1. The van der Waals surface area contributed by atoms with Crippen LogP contribution in [0.25, 0.3) is 0 Å². The Morgan fingerprint density at radius 1 is 0.952 bits per heavy atom. The van der Waals surface area contributed by atoms with Crippen molar-refractivity contribution in [2.24, 2.45) is 5.92 Å². The van der Waals surface area contributed by atoms with E-state index < -0.39 is 0 Å². The van der Waals surface area contributed by atoms with Crippen molar-refractivity contribution in [3.8, 4) is 0 Å². The van der Waals surface area contributed by atoms with E-state index in [4.69, 9.17) is 0 Å². The van der Waals surface area contributed by atoms with E-state index in [1.54, 1.807) is 0 Å². The second-order valence-corrected chi connectivity index (χ2v) is 6.71. The van der Waals surface area contributed by atoms with Gasteiger partial charge in [0.15, 0.2) is 0 Å². The van der Waals surface area contributed by atoms with Gasteiger partial charge >= 0.3 is 0 Å². The van der Waals surface area contributed by atoms with E-state index in [-0.39, 0.29) is 0 Å². The lowest BCUT2D eigenvalue weighted by Crippen LogP contribution is -2.31. The Morgan fingerprint density at radius 3 is 2.29 bits per heavy atom. The third kappa shape index (κ3) is 8.90. The molecule has 0 spiro atoms.